The highest BCUT2D eigenvalue weighted by Gasteiger charge is 2.19. The topological polar surface area (TPSA) is 38.5 Å². The molecule has 4 heteroatoms. The molecule has 0 unspecified atom stereocenters. The second-order valence-electron chi connectivity index (χ2n) is 4.84. The van der Waals surface area contributed by atoms with Gasteiger partial charge in [-0.2, -0.15) is 0 Å². The molecule has 0 aliphatic carbocycles. The summed E-state index contributed by atoms with van der Waals surface area (Å²) in [5, 5.41) is 0. The molecule has 1 aliphatic heterocycles. The largest absolute Gasteiger partial charge is 0.381 e. The van der Waals surface area contributed by atoms with Crippen LogP contribution in [-0.4, -0.2) is 31.2 Å². The van der Waals surface area contributed by atoms with Crippen molar-refractivity contribution in [1.82, 2.24) is 4.90 Å². The van der Waals surface area contributed by atoms with Gasteiger partial charge in [0.15, 0.2) is 0 Å². The summed E-state index contributed by atoms with van der Waals surface area (Å²) in [5.74, 6) is 0. The average Bonchev–Trinajstić information content (AvgIpc) is 2.42. The molecule has 1 saturated heterocycles. The quantitative estimate of drug-likeness (QED) is 0.928. The zero-order valence-corrected chi connectivity index (χ0v) is 12.4. The molecule has 3 nitrogen and oxygen atoms in total. The van der Waals surface area contributed by atoms with E-state index in [0.29, 0.717) is 12.6 Å². The molecule has 0 aromatic heterocycles. The fourth-order valence-electron chi connectivity index (χ4n) is 2.39. The Morgan fingerprint density at radius 1 is 1.39 bits per heavy atom. The fraction of sp³-hybridized carbons (Fsp3) is 0.571. The Hall–Kier alpha value is -0.420. The molecule has 1 fully saturated rings. The number of piperidine rings is 1. The number of hydrogen-bond acceptors (Lipinski definition) is 3. The van der Waals surface area contributed by atoms with Crippen LogP contribution in [0.4, 0.5) is 0 Å². The lowest BCUT2D eigenvalue weighted by Crippen LogP contribution is -2.36. The smallest absolute Gasteiger partial charge is 0.0595 e. The van der Waals surface area contributed by atoms with Gasteiger partial charge in [0.2, 0.25) is 0 Å². The summed E-state index contributed by atoms with van der Waals surface area (Å²) in [7, 11) is 1.81. The zero-order valence-electron chi connectivity index (χ0n) is 10.9. The van der Waals surface area contributed by atoms with Crippen molar-refractivity contribution in [2.24, 2.45) is 5.73 Å². The molecule has 0 bridgehead atoms. The van der Waals surface area contributed by atoms with E-state index in [9.17, 15) is 0 Å². The molecule has 0 saturated carbocycles. The number of nitrogens with two attached hydrogens (primary N) is 1. The summed E-state index contributed by atoms with van der Waals surface area (Å²) in [4.78, 5) is 2.48. The first kappa shape index (κ1) is 14.0. The number of halogens is 1. The van der Waals surface area contributed by atoms with E-state index in [0.717, 1.165) is 32.5 Å². The zero-order chi connectivity index (χ0) is 13.0. The van der Waals surface area contributed by atoms with Gasteiger partial charge in [0.05, 0.1) is 6.10 Å². The van der Waals surface area contributed by atoms with Crippen LogP contribution >= 0.6 is 15.9 Å². The van der Waals surface area contributed by atoms with Gasteiger partial charge in [0.1, 0.15) is 0 Å². The molecule has 1 aliphatic rings. The van der Waals surface area contributed by atoms with Crippen LogP contribution in [0.2, 0.25) is 0 Å². The number of hydrogen-bond donors (Lipinski definition) is 1. The van der Waals surface area contributed by atoms with Gasteiger partial charge in [0.25, 0.3) is 0 Å². The molecule has 100 valence electrons. The van der Waals surface area contributed by atoms with Crippen molar-refractivity contribution in [3.05, 3.63) is 33.8 Å². The van der Waals surface area contributed by atoms with E-state index in [-0.39, 0.29) is 0 Å². The van der Waals surface area contributed by atoms with E-state index >= 15 is 0 Å². The van der Waals surface area contributed by atoms with Crippen molar-refractivity contribution in [2.75, 3.05) is 20.2 Å². The van der Waals surface area contributed by atoms with E-state index < -0.39 is 0 Å². The highest BCUT2D eigenvalue weighted by molar-refractivity contribution is 9.10. The maximum Gasteiger partial charge on any atom is 0.0595 e. The number of ether oxygens (including phenoxy) is 1. The van der Waals surface area contributed by atoms with Gasteiger partial charge in [-0.1, -0.05) is 28.1 Å². The monoisotopic (exact) mass is 312 g/mol. The van der Waals surface area contributed by atoms with Crippen molar-refractivity contribution < 1.29 is 4.74 Å². The summed E-state index contributed by atoms with van der Waals surface area (Å²) in [5.41, 5.74) is 8.14. The van der Waals surface area contributed by atoms with Crippen LogP contribution in [0.15, 0.2) is 22.7 Å². The molecule has 0 radical (unpaired) electrons. The lowest BCUT2D eigenvalue weighted by molar-refractivity contribution is 0.0388. The SMILES string of the molecule is COC1CCN(Cc2ccc(CN)cc2Br)CC1. The van der Waals surface area contributed by atoms with E-state index in [4.69, 9.17) is 10.5 Å². The third-order valence-electron chi connectivity index (χ3n) is 3.62. The van der Waals surface area contributed by atoms with Crippen molar-refractivity contribution in [3.8, 4) is 0 Å². The van der Waals surface area contributed by atoms with Gasteiger partial charge < -0.3 is 10.5 Å². The van der Waals surface area contributed by atoms with Gasteiger partial charge in [-0.3, -0.25) is 4.90 Å². The first-order valence-electron chi connectivity index (χ1n) is 6.45. The number of likely N-dealkylation sites (tertiary alicyclic amines) is 1. The molecule has 0 atom stereocenters. The standard InChI is InChI=1S/C14H21BrN2O/c1-18-13-4-6-17(7-5-13)10-12-3-2-11(9-16)8-14(12)15/h2-3,8,13H,4-7,9-10,16H2,1H3. The Balaban J connectivity index is 1.94. The summed E-state index contributed by atoms with van der Waals surface area (Å²) >= 11 is 3.63. The first-order valence-corrected chi connectivity index (χ1v) is 7.24. The molecule has 2 N–H and O–H groups in total. The maximum atomic E-state index is 5.64. The maximum absolute atomic E-state index is 5.64. The van der Waals surface area contributed by atoms with Crippen LogP contribution in [0.1, 0.15) is 24.0 Å². The Labute approximate surface area is 117 Å². The highest BCUT2D eigenvalue weighted by atomic mass is 79.9. The third-order valence-corrected chi connectivity index (χ3v) is 4.35. The van der Waals surface area contributed by atoms with Crippen molar-refractivity contribution >= 4 is 15.9 Å². The summed E-state index contributed by atoms with van der Waals surface area (Å²) in [6.07, 6.45) is 2.72. The average molecular weight is 313 g/mol. The number of rotatable bonds is 4. The van der Waals surface area contributed by atoms with Crippen LogP contribution < -0.4 is 5.73 Å². The van der Waals surface area contributed by atoms with Crippen molar-refractivity contribution in [3.63, 3.8) is 0 Å². The molecule has 0 spiro atoms. The fourth-order valence-corrected chi connectivity index (χ4v) is 2.94. The molecule has 0 amide bonds. The molecule has 1 aromatic carbocycles. The molecular formula is C14H21BrN2O. The predicted molar refractivity (Wildman–Crippen MR) is 77.3 cm³/mol. The Morgan fingerprint density at radius 2 is 2.11 bits per heavy atom. The molecule has 1 heterocycles. The van der Waals surface area contributed by atoms with Crippen LogP contribution in [0, 0.1) is 0 Å². The summed E-state index contributed by atoms with van der Waals surface area (Å²) in [6, 6.07) is 6.41. The Morgan fingerprint density at radius 3 is 2.67 bits per heavy atom. The summed E-state index contributed by atoms with van der Waals surface area (Å²) in [6.45, 7) is 3.83. The second-order valence-corrected chi connectivity index (χ2v) is 5.70. The van der Waals surface area contributed by atoms with Crippen LogP contribution in [0.5, 0.6) is 0 Å². The minimum Gasteiger partial charge on any atom is -0.381 e. The van der Waals surface area contributed by atoms with E-state index in [1.165, 1.54) is 15.6 Å². The lowest BCUT2D eigenvalue weighted by atomic mass is 10.1. The van der Waals surface area contributed by atoms with E-state index in [2.05, 4.69) is 39.0 Å². The number of methoxy groups -OCH3 is 1. The minimum absolute atomic E-state index is 0.448. The molecular weight excluding hydrogens is 292 g/mol. The Bertz CT molecular complexity index is 389. The van der Waals surface area contributed by atoms with Gasteiger partial charge in [-0.15, -0.1) is 0 Å². The lowest BCUT2D eigenvalue weighted by Gasteiger charge is -2.31. The molecule has 1 aromatic rings. The van der Waals surface area contributed by atoms with Gasteiger partial charge in [-0.05, 0) is 30.0 Å². The summed E-state index contributed by atoms with van der Waals surface area (Å²) < 4.78 is 6.56. The highest BCUT2D eigenvalue weighted by Crippen LogP contribution is 2.22. The van der Waals surface area contributed by atoms with E-state index in [1.807, 2.05) is 7.11 Å². The van der Waals surface area contributed by atoms with Gasteiger partial charge in [0, 0.05) is 37.8 Å². The molecule has 2 rings (SSSR count). The van der Waals surface area contributed by atoms with Gasteiger partial charge in [-0.25, -0.2) is 0 Å². The van der Waals surface area contributed by atoms with Crippen molar-refractivity contribution in [1.29, 1.82) is 0 Å². The number of nitrogens with zero attached hydrogens (tertiary/aromatic N) is 1. The van der Waals surface area contributed by atoms with Gasteiger partial charge >= 0.3 is 0 Å². The Kier molecular flexibility index (Phi) is 5.18. The van der Waals surface area contributed by atoms with Crippen LogP contribution in [-0.2, 0) is 17.8 Å². The van der Waals surface area contributed by atoms with Crippen LogP contribution in [0.3, 0.4) is 0 Å². The minimum atomic E-state index is 0.448. The predicted octanol–water partition coefficient (Wildman–Crippen LogP) is 2.52. The molecule has 18 heavy (non-hydrogen) atoms. The van der Waals surface area contributed by atoms with Crippen molar-refractivity contribution in [2.45, 2.75) is 32.0 Å². The first-order chi connectivity index (χ1) is 8.72. The normalized spacial score (nSPS) is 18.2. The van der Waals surface area contributed by atoms with Crippen LogP contribution in [0.25, 0.3) is 0 Å². The third kappa shape index (κ3) is 3.54. The second kappa shape index (κ2) is 6.66. The number of benzene rings is 1. The van der Waals surface area contributed by atoms with E-state index in [1.54, 1.807) is 0 Å².